The highest BCUT2D eigenvalue weighted by atomic mass is 31.2. The molecule has 0 aromatic heterocycles. The average molecular weight is 1350 g/mol. The number of esters is 4. The molecule has 92 heavy (non-hydrogen) atoms. The summed E-state index contributed by atoms with van der Waals surface area (Å²) in [6.07, 6.45) is 54.2. The Balaban J connectivity index is 5.16. The Morgan fingerprint density at radius 3 is 0.772 bits per heavy atom. The molecule has 3 N–H and O–H groups in total. The Hall–Kier alpha value is -1.94. The van der Waals surface area contributed by atoms with Crippen LogP contribution in [0, 0.1) is 5.92 Å². The molecule has 0 heterocycles. The van der Waals surface area contributed by atoms with Gasteiger partial charge < -0.3 is 33.8 Å². The zero-order valence-corrected chi connectivity index (χ0v) is 61.5. The van der Waals surface area contributed by atoms with Crippen LogP contribution in [0.15, 0.2) is 0 Å². The van der Waals surface area contributed by atoms with Gasteiger partial charge in [-0.3, -0.25) is 37.3 Å². The van der Waals surface area contributed by atoms with Crippen molar-refractivity contribution in [3.05, 3.63) is 0 Å². The maximum absolute atomic E-state index is 13.0. The molecule has 0 fully saturated rings. The molecule has 0 rings (SSSR count). The minimum atomic E-state index is -4.95. The second-order valence-corrected chi connectivity index (χ2v) is 29.5. The summed E-state index contributed by atoms with van der Waals surface area (Å²) >= 11 is 0. The summed E-state index contributed by atoms with van der Waals surface area (Å²) in [5, 5.41) is 10.6. The predicted molar refractivity (Wildman–Crippen MR) is 372 cm³/mol. The van der Waals surface area contributed by atoms with E-state index in [9.17, 15) is 43.2 Å². The molecule has 0 amide bonds. The van der Waals surface area contributed by atoms with Crippen LogP contribution in [0.2, 0.25) is 0 Å². The number of phosphoric acid groups is 2. The molecule has 19 heteroatoms. The maximum Gasteiger partial charge on any atom is 0.472 e. The fourth-order valence-corrected chi connectivity index (χ4v) is 12.7. The van der Waals surface area contributed by atoms with Crippen LogP contribution in [0.3, 0.4) is 0 Å². The molecular weight excluding hydrogens is 1210 g/mol. The van der Waals surface area contributed by atoms with Gasteiger partial charge in [0.25, 0.3) is 0 Å². The van der Waals surface area contributed by atoms with Crippen molar-refractivity contribution in [1.29, 1.82) is 0 Å². The van der Waals surface area contributed by atoms with E-state index in [0.29, 0.717) is 25.7 Å². The van der Waals surface area contributed by atoms with Crippen LogP contribution in [-0.4, -0.2) is 96.7 Å². The highest BCUT2D eigenvalue weighted by molar-refractivity contribution is 7.47. The first-order valence-corrected chi connectivity index (χ1v) is 41.2. The molecule has 546 valence electrons. The number of carbonyl (C=O) groups excluding carboxylic acids is 4. The van der Waals surface area contributed by atoms with Gasteiger partial charge in [-0.05, 0) is 31.6 Å². The largest absolute Gasteiger partial charge is 0.472 e. The van der Waals surface area contributed by atoms with Crippen molar-refractivity contribution < 1.29 is 80.2 Å². The minimum absolute atomic E-state index is 0.107. The molecular formula is C73H142O17P2. The van der Waals surface area contributed by atoms with E-state index in [0.717, 1.165) is 102 Å². The second-order valence-electron chi connectivity index (χ2n) is 26.6. The van der Waals surface area contributed by atoms with Gasteiger partial charge in [0.2, 0.25) is 0 Å². The molecule has 0 radical (unpaired) electrons. The maximum atomic E-state index is 13.0. The number of ether oxygens (including phenoxy) is 4. The summed E-state index contributed by atoms with van der Waals surface area (Å²) in [7, 11) is -9.90. The number of carbonyl (C=O) groups is 4. The lowest BCUT2D eigenvalue weighted by Gasteiger charge is -2.21. The number of hydrogen-bond acceptors (Lipinski definition) is 15. The number of aliphatic hydroxyl groups is 1. The molecule has 0 aliphatic heterocycles. The lowest BCUT2D eigenvalue weighted by Crippen LogP contribution is -2.30. The first kappa shape index (κ1) is 90.1. The molecule has 17 nitrogen and oxygen atoms in total. The van der Waals surface area contributed by atoms with Crippen LogP contribution in [0.25, 0.3) is 0 Å². The third-order valence-electron chi connectivity index (χ3n) is 17.4. The SMILES string of the molecule is CCCCCCCCCCCCCCCCCCCCCCCC(=O)O[C@H](COC(=O)CCCCCCCCCCC(C)CC)COP(=O)(O)OC[C@@H](O)COP(=O)(O)OC[C@@H](COC(=O)CCCCCCCCCC)OC(=O)CCCCCCCCCCCCC. The predicted octanol–water partition coefficient (Wildman–Crippen LogP) is 21.3. The number of hydrogen-bond donors (Lipinski definition) is 3. The van der Waals surface area contributed by atoms with E-state index in [2.05, 4.69) is 34.6 Å². The molecule has 0 saturated heterocycles. The summed E-state index contributed by atoms with van der Waals surface area (Å²) in [5.41, 5.74) is 0. The standard InChI is InChI=1S/C73H142O17P2/c1-6-10-13-16-19-22-24-25-26-27-28-29-30-31-32-33-35-37-44-49-54-59-73(78)90-69(63-84-71(76)57-52-47-42-39-38-40-45-50-55-66(5)9-4)65-88-92(81,82)86-61-67(74)60-85-91(79,80)87-64-68(62-83-70(75)56-51-46-41-21-18-15-12-8-3)89-72(77)58-53-48-43-36-34-23-20-17-14-11-7-2/h66-69,74H,6-65H2,1-5H3,(H,79,80)(H,81,82)/t66?,67-,68+,69+/m0/s1. The molecule has 3 unspecified atom stereocenters. The number of aliphatic hydroxyl groups excluding tert-OH is 1. The van der Waals surface area contributed by atoms with Gasteiger partial charge in [0.1, 0.15) is 19.3 Å². The quantitative estimate of drug-likeness (QED) is 0.0222. The molecule has 0 aliphatic rings. The van der Waals surface area contributed by atoms with E-state index in [-0.39, 0.29) is 25.7 Å². The van der Waals surface area contributed by atoms with Gasteiger partial charge in [0.15, 0.2) is 12.2 Å². The normalized spacial score (nSPS) is 14.3. The Bertz CT molecular complexity index is 1770. The van der Waals surface area contributed by atoms with Crippen LogP contribution in [0.5, 0.6) is 0 Å². The molecule has 0 bridgehead atoms. The van der Waals surface area contributed by atoms with Gasteiger partial charge in [-0.2, -0.15) is 0 Å². The van der Waals surface area contributed by atoms with E-state index in [4.69, 9.17) is 37.0 Å². The molecule has 0 aromatic rings. The summed E-state index contributed by atoms with van der Waals surface area (Å²) < 4.78 is 68.3. The topological polar surface area (TPSA) is 237 Å². The van der Waals surface area contributed by atoms with Crippen LogP contribution in [0.1, 0.15) is 381 Å². The fourth-order valence-electron chi connectivity index (χ4n) is 11.1. The first-order valence-electron chi connectivity index (χ1n) is 38.2. The van der Waals surface area contributed by atoms with Gasteiger partial charge in [-0.15, -0.1) is 0 Å². The van der Waals surface area contributed by atoms with Crippen LogP contribution in [0.4, 0.5) is 0 Å². The van der Waals surface area contributed by atoms with Crippen LogP contribution in [-0.2, 0) is 65.4 Å². The van der Waals surface area contributed by atoms with E-state index in [1.165, 1.54) is 199 Å². The summed E-state index contributed by atoms with van der Waals surface area (Å²) in [6.45, 7) is 7.24. The Kier molecular flexibility index (Phi) is 64.9. The Morgan fingerprint density at radius 2 is 0.522 bits per heavy atom. The van der Waals surface area contributed by atoms with Gasteiger partial charge in [-0.25, -0.2) is 9.13 Å². The Morgan fingerprint density at radius 1 is 0.304 bits per heavy atom. The van der Waals surface area contributed by atoms with Gasteiger partial charge in [0.05, 0.1) is 26.4 Å². The van der Waals surface area contributed by atoms with Gasteiger partial charge >= 0.3 is 39.5 Å². The zero-order chi connectivity index (χ0) is 67.7. The van der Waals surface area contributed by atoms with Crippen LogP contribution >= 0.6 is 15.6 Å². The molecule has 0 aromatic carbocycles. The van der Waals surface area contributed by atoms with E-state index in [1.54, 1.807) is 0 Å². The smallest absolute Gasteiger partial charge is 0.462 e. The van der Waals surface area contributed by atoms with Crippen molar-refractivity contribution in [3.8, 4) is 0 Å². The Labute approximate surface area is 562 Å². The minimum Gasteiger partial charge on any atom is -0.462 e. The number of rotatable bonds is 73. The van der Waals surface area contributed by atoms with E-state index < -0.39 is 97.5 Å². The van der Waals surface area contributed by atoms with Crippen molar-refractivity contribution in [2.24, 2.45) is 5.92 Å². The first-order chi connectivity index (χ1) is 44.6. The van der Waals surface area contributed by atoms with Crippen molar-refractivity contribution in [2.75, 3.05) is 39.6 Å². The lowest BCUT2D eigenvalue weighted by atomic mass is 9.99. The molecule has 6 atom stereocenters. The molecule has 0 saturated carbocycles. The zero-order valence-electron chi connectivity index (χ0n) is 59.7. The van der Waals surface area contributed by atoms with Crippen molar-refractivity contribution in [1.82, 2.24) is 0 Å². The lowest BCUT2D eigenvalue weighted by molar-refractivity contribution is -0.161. The number of phosphoric ester groups is 2. The highest BCUT2D eigenvalue weighted by Crippen LogP contribution is 2.45. The molecule has 0 spiro atoms. The monoisotopic (exact) mass is 1350 g/mol. The third kappa shape index (κ3) is 65.4. The van der Waals surface area contributed by atoms with Crippen molar-refractivity contribution in [2.45, 2.75) is 400 Å². The van der Waals surface area contributed by atoms with Crippen molar-refractivity contribution in [3.63, 3.8) is 0 Å². The highest BCUT2D eigenvalue weighted by Gasteiger charge is 2.30. The summed E-state index contributed by atoms with van der Waals surface area (Å²) in [5.74, 6) is -1.34. The van der Waals surface area contributed by atoms with Crippen molar-refractivity contribution >= 4 is 39.5 Å². The number of unbranched alkanes of at least 4 members (excludes halogenated alkanes) is 44. The summed E-state index contributed by atoms with van der Waals surface area (Å²) in [6, 6.07) is 0. The summed E-state index contributed by atoms with van der Waals surface area (Å²) in [4.78, 5) is 72.5. The van der Waals surface area contributed by atoms with E-state index >= 15 is 0 Å². The van der Waals surface area contributed by atoms with E-state index in [1.807, 2.05) is 0 Å². The van der Waals surface area contributed by atoms with Gasteiger partial charge in [0, 0.05) is 25.7 Å². The second kappa shape index (κ2) is 66.3. The molecule has 0 aliphatic carbocycles. The fraction of sp³-hybridized carbons (Fsp3) is 0.945. The average Bonchev–Trinajstić information content (AvgIpc) is 2.03. The van der Waals surface area contributed by atoms with Crippen LogP contribution < -0.4 is 0 Å². The third-order valence-corrected chi connectivity index (χ3v) is 19.3. The van der Waals surface area contributed by atoms with Gasteiger partial charge in [-0.1, -0.05) is 330 Å².